The van der Waals surface area contributed by atoms with Crippen molar-refractivity contribution < 1.29 is 119 Å². The number of aliphatic hydroxyl groups is 12. The van der Waals surface area contributed by atoms with E-state index in [9.17, 15) is 81.4 Å². The van der Waals surface area contributed by atoms with E-state index in [4.69, 9.17) is 42.3 Å². The summed E-state index contributed by atoms with van der Waals surface area (Å²) in [4.78, 5) is 14.5. The number of fused-ring (bicyclic) bond motifs is 1. The predicted octanol–water partition coefficient (Wildman–Crippen LogP) is -5.36. The zero-order valence-electron chi connectivity index (χ0n) is 33.6. The van der Waals surface area contributed by atoms with E-state index in [1.807, 2.05) is 0 Å². The molecule has 356 valence electrons. The number of ether oxygens (including phenoxy) is 8. The second-order valence-electron chi connectivity index (χ2n) is 15.9. The Morgan fingerprint density at radius 2 is 1.14 bits per heavy atom. The highest BCUT2D eigenvalue weighted by atomic mass is 16.8. The van der Waals surface area contributed by atoms with Gasteiger partial charge in [-0.25, -0.2) is 0 Å². The molecule has 0 aliphatic carbocycles. The molecule has 0 amide bonds. The Balaban J connectivity index is 1.28. The van der Waals surface area contributed by atoms with Crippen molar-refractivity contribution >= 4 is 11.0 Å². The zero-order chi connectivity index (χ0) is 46.6. The number of benzene rings is 2. The summed E-state index contributed by atoms with van der Waals surface area (Å²) in [5.74, 6) is -3.91. The molecule has 0 spiro atoms. The van der Waals surface area contributed by atoms with Gasteiger partial charge in [0.05, 0.1) is 25.4 Å². The highest BCUT2D eigenvalue weighted by Gasteiger charge is 2.53. The summed E-state index contributed by atoms with van der Waals surface area (Å²) in [6.45, 7) is 1.10. The lowest BCUT2D eigenvalue weighted by molar-refractivity contribution is -0.362. The van der Waals surface area contributed by atoms with Crippen LogP contribution in [-0.2, 0) is 28.4 Å². The van der Waals surface area contributed by atoms with Crippen LogP contribution in [0.1, 0.15) is 13.8 Å². The van der Waals surface area contributed by atoms with Crippen LogP contribution in [0, 0.1) is 0 Å². The number of aliphatic hydroxyl groups excluding tert-OH is 12. The van der Waals surface area contributed by atoms with Crippen LogP contribution in [0.2, 0.25) is 0 Å². The third-order valence-corrected chi connectivity index (χ3v) is 11.5. The second-order valence-corrected chi connectivity index (χ2v) is 15.9. The first-order valence-electron chi connectivity index (χ1n) is 19.9. The monoisotopic (exact) mass is 918 g/mol. The van der Waals surface area contributed by atoms with Gasteiger partial charge < -0.3 is 119 Å². The highest BCUT2D eigenvalue weighted by molar-refractivity contribution is 5.88. The molecule has 3 aromatic rings. The van der Waals surface area contributed by atoms with Crippen LogP contribution in [0.15, 0.2) is 39.5 Å². The van der Waals surface area contributed by atoms with Crippen LogP contribution in [0.25, 0.3) is 22.3 Å². The molecular formula is C39H50O25. The van der Waals surface area contributed by atoms with Crippen molar-refractivity contribution in [2.24, 2.45) is 0 Å². The topological polar surface area (TPSA) is 408 Å². The van der Waals surface area contributed by atoms with Gasteiger partial charge in [-0.2, -0.15) is 0 Å². The van der Waals surface area contributed by atoms with Crippen LogP contribution in [0.4, 0.5) is 0 Å². The van der Waals surface area contributed by atoms with Crippen LogP contribution in [-0.4, -0.2) is 213 Å². The van der Waals surface area contributed by atoms with Crippen molar-refractivity contribution in [1.29, 1.82) is 0 Å². The average Bonchev–Trinajstić information content (AvgIpc) is 3.26. The smallest absolute Gasteiger partial charge is 0.239 e. The van der Waals surface area contributed by atoms with Crippen LogP contribution < -0.4 is 14.9 Å². The summed E-state index contributed by atoms with van der Waals surface area (Å²) in [6.07, 6.45) is -34.9. The third kappa shape index (κ3) is 9.06. The second kappa shape index (κ2) is 19.0. The highest BCUT2D eigenvalue weighted by Crippen LogP contribution is 2.41. The molecule has 7 rings (SSSR count). The van der Waals surface area contributed by atoms with Gasteiger partial charge in [0.15, 0.2) is 35.9 Å². The first-order valence-corrected chi connectivity index (χ1v) is 19.9. The van der Waals surface area contributed by atoms with Crippen LogP contribution in [0.5, 0.6) is 28.7 Å². The van der Waals surface area contributed by atoms with E-state index in [1.165, 1.54) is 13.8 Å². The SMILES string of the molecule is C[C@@H]1O[C@@H](OC[C@H]2O[C@H](Oc3c(-c4ccc(O)c(O)c4)oc4cc(O[C@H]5O[C@@H](C)[C@H](O)[C@@H](O)[C@H]5O)cc(O)c4c3=O)[C@H](O[C@H]3O[C@H](CO)[C@H](O)[C@@H](O)[C@H]3O)[C@H](O)[C@H]2O)[C@H](O)[C@H](O)[C@H]1O. The fourth-order valence-corrected chi connectivity index (χ4v) is 7.61. The molecular weight excluding hydrogens is 868 g/mol. The molecule has 25 nitrogen and oxygen atoms in total. The van der Waals surface area contributed by atoms with Crippen molar-refractivity contribution in [2.45, 2.75) is 137 Å². The molecule has 20 atom stereocenters. The van der Waals surface area contributed by atoms with E-state index in [1.54, 1.807) is 0 Å². The Bertz CT molecular complexity index is 2150. The predicted molar refractivity (Wildman–Crippen MR) is 204 cm³/mol. The van der Waals surface area contributed by atoms with Crippen molar-refractivity contribution in [3.05, 3.63) is 40.6 Å². The maximum Gasteiger partial charge on any atom is 0.239 e. The lowest BCUT2D eigenvalue weighted by Crippen LogP contribution is -2.65. The molecule has 64 heavy (non-hydrogen) atoms. The normalized spacial score (nSPS) is 40.6. The number of aromatic hydroxyl groups is 3. The summed E-state index contributed by atoms with van der Waals surface area (Å²) in [6, 6.07) is 5.07. The number of hydrogen-bond donors (Lipinski definition) is 15. The summed E-state index contributed by atoms with van der Waals surface area (Å²) < 4.78 is 51.5. The van der Waals surface area contributed by atoms with E-state index in [0.717, 1.165) is 30.3 Å². The summed E-state index contributed by atoms with van der Waals surface area (Å²) >= 11 is 0. The van der Waals surface area contributed by atoms with Gasteiger partial charge in [0, 0.05) is 17.7 Å². The summed E-state index contributed by atoms with van der Waals surface area (Å²) in [5.41, 5.74) is -1.83. The van der Waals surface area contributed by atoms with Gasteiger partial charge in [0.25, 0.3) is 0 Å². The minimum Gasteiger partial charge on any atom is -0.507 e. The van der Waals surface area contributed by atoms with Gasteiger partial charge in [0.1, 0.15) is 102 Å². The molecule has 4 aliphatic heterocycles. The first-order chi connectivity index (χ1) is 30.2. The summed E-state index contributed by atoms with van der Waals surface area (Å²) in [7, 11) is 0. The number of phenols is 3. The Labute approximate surface area is 360 Å². The van der Waals surface area contributed by atoms with Crippen molar-refractivity contribution in [3.8, 4) is 40.1 Å². The van der Waals surface area contributed by atoms with Crippen molar-refractivity contribution in [2.75, 3.05) is 13.2 Å². The Morgan fingerprint density at radius 3 is 1.78 bits per heavy atom. The lowest BCUT2D eigenvalue weighted by Gasteiger charge is -2.46. The molecule has 25 heteroatoms. The number of phenolic OH excluding ortho intramolecular Hbond substituents is 3. The Kier molecular flexibility index (Phi) is 14.2. The third-order valence-electron chi connectivity index (χ3n) is 11.5. The average molecular weight is 919 g/mol. The van der Waals surface area contributed by atoms with Gasteiger partial charge in [-0.15, -0.1) is 0 Å². The molecule has 5 heterocycles. The molecule has 0 saturated carbocycles. The van der Waals surface area contributed by atoms with E-state index in [0.29, 0.717) is 0 Å². The lowest BCUT2D eigenvalue weighted by atomic mass is 9.97. The van der Waals surface area contributed by atoms with Gasteiger partial charge >= 0.3 is 0 Å². The molecule has 0 unspecified atom stereocenters. The molecule has 4 aliphatic rings. The summed E-state index contributed by atoms with van der Waals surface area (Å²) in [5, 5.41) is 157. The quantitative estimate of drug-likeness (QED) is 0.0798. The van der Waals surface area contributed by atoms with Crippen molar-refractivity contribution in [3.63, 3.8) is 0 Å². The van der Waals surface area contributed by atoms with Gasteiger partial charge in [-0.3, -0.25) is 4.79 Å². The Hall–Kier alpha value is -4.07. The van der Waals surface area contributed by atoms with Gasteiger partial charge in [-0.05, 0) is 32.0 Å². The number of hydrogen-bond acceptors (Lipinski definition) is 25. The molecule has 2 aromatic carbocycles. The van der Waals surface area contributed by atoms with E-state index in [2.05, 4.69) is 0 Å². The van der Waals surface area contributed by atoms with Crippen LogP contribution >= 0.6 is 0 Å². The van der Waals surface area contributed by atoms with E-state index >= 15 is 0 Å². The maximum atomic E-state index is 14.5. The minimum atomic E-state index is -2.16. The fraction of sp³-hybridized carbons (Fsp3) is 0.615. The largest absolute Gasteiger partial charge is 0.507 e. The molecule has 0 radical (unpaired) electrons. The van der Waals surface area contributed by atoms with Crippen LogP contribution in [0.3, 0.4) is 0 Å². The van der Waals surface area contributed by atoms with Gasteiger partial charge in [-0.1, -0.05) is 0 Å². The maximum absolute atomic E-state index is 14.5. The molecule has 1 aromatic heterocycles. The van der Waals surface area contributed by atoms with Crippen molar-refractivity contribution in [1.82, 2.24) is 0 Å². The Morgan fingerprint density at radius 1 is 0.562 bits per heavy atom. The molecule has 4 saturated heterocycles. The van der Waals surface area contributed by atoms with E-state index < -0.39 is 181 Å². The van der Waals surface area contributed by atoms with Gasteiger partial charge in [0.2, 0.25) is 23.8 Å². The fourth-order valence-electron chi connectivity index (χ4n) is 7.61. The number of rotatable bonds is 11. The zero-order valence-corrected chi connectivity index (χ0v) is 33.6. The molecule has 0 bridgehead atoms. The first kappa shape index (κ1) is 47.9. The minimum absolute atomic E-state index is 0.187. The standard InChI is InChI=1S/C39H50O25/c1-10-21(44)26(49)30(53)36(57-10)56-9-19-24(47)29(52)35(64-38-32(55)28(51)23(46)18(8-40)61-38)39(62-19)63-34-25(48)20-16(43)6-13(59-37-31(54)27(50)22(45)11(2)58-37)7-17(20)60-33(34)12-3-4-14(41)15(42)5-12/h3-7,10-11,18-19,21-24,26-32,35-47,49-55H,8-9H2,1-2H3/t10-,11-,18+,19+,21-,22-,23-,24-,26+,27+,28+,29+,30+,31+,32+,35+,36+,37+,38+,39+/m0/s1. The molecule has 4 fully saturated rings. The molecule has 15 N–H and O–H groups in total. The van der Waals surface area contributed by atoms with E-state index in [-0.39, 0.29) is 11.3 Å².